The lowest BCUT2D eigenvalue weighted by Gasteiger charge is -2.23. The summed E-state index contributed by atoms with van der Waals surface area (Å²) in [5.74, 6) is -1.35. The Kier molecular flexibility index (Phi) is 6.92. The number of benzene rings is 1. The van der Waals surface area contributed by atoms with Gasteiger partial charge in [0.25, 0.3) is 0 Å². The fraction of sp³-hybridized carbons (Fsp3) is 0.529. The molecule has 2 N–H and O–H groups in total. The molecule has 1 amide bonds. The Morgan fingerprint density at radius 3 is 2.33 bits per heavy atom. The molecule has 0 aliphatic carbocycles. The molecule has 1 aromatic rings. The quantitative estimate of drug-likeness (QED) is 0.771. The van der Waals surface area contributed by atoms with Gasteiger partial charge in [-0.3, -0.25) is 9.59 Å². The summed E-state index contributed by atoms with van der Waals surface area (Å²) in [6, 6.07) is 8.77. The molecule has 0 aliphatic rings. The summed E-state index contributed by atoms with van der Waals surface area (Å²) in [6.45, 7) is 5.75. The molecular weight excluding hydrogens is 266 g/mol. The van der Waals surface area contributed by atoms with Crippen LogP contribution in [0.4, 0.5) is 0 Å². The van der Waals surface area contributed by atoms with Crippen molar-refractivity contribution in [2.45, 2.75) is 46.1 Å². The monoisotopic (exact) mass is 291 g/mol. The highest BCUT2D eigenvalue weighted by Gasteiger charge is 2.26. The maximum absolute atomic E-state index is 12.1. The number of carboxylic acids is 1. The smallest absolute Gasteiger partial charge is 0.308 e. The van der Waals surface area contributed by atoms with Crippen LogP contribution in [-0.2, 0) is 9.59 Å². The van der Waals surface area contributed by atoms with Crippen molar-refractivity contribution < 1.29 is 14.7 Å². The van der Waals surface area contributed by atoms with Crippen molar-refractivity contribution in [3.63, 3.8) is 0 Å². The van der Waals surface area contributed by atoms with Crippen LogP contribution in [0.5, 0.6) is 0 Å². The first kappa shape index (κ1) is 17.2. The highest BCUT2D eigenvalue weighted by molar-refractivity contribution is 5.78. The third kappa shape index (κ3) is 5.58. The molecule has 4 heteroatoms. The van der Waals surface area contributed by atoms with Crippen molar-refractivity contribution in [1.82, 2.24) is 5.32 Å². The summed E-state index contributed by atoms with van der Waals surface area (Å²) >= 11 is 0. The van der Waals surface area contributed by atoms with Crippen molar-refractivity contribution in [2.75, 3.05) is 0 Å². The molecule has 3 atom stereocenters. The van der Waals surface area contributed by atoms with E-state index in [1.807, 2.05) is 37.3 Å². The average Bonchev–Trinajstić information content (AvgIpc) is 2.45. The Balaban J connectivity index is 2.79. The number of carboxylic acid groups (broad SMARTS) is 1. The molecule has 0 heterocycles. The minimum atomic E-state index is -0.911. The number of hydrogen-bond acceptors (Lipinski definition) is 2. The third-order valence-electron chi connectivity index (χ3n) is 3.68. The van der Waals surface area contributed by atoms with Gasteiger partial charge in [-0.15, -0.1) is 0 Å². The fourth-order valence-corrected chi connectivity index (χ4v) is 2.44. The van der Waals surface area contributed by atoms with Gasteiger partial charge >= 0.3 is 5.97 Å². The highest BCUT2D eigenvalue weighted by atomic mass is 16.4. The second-order valence-corrected chi connectivity index (χ2v) is 5.68. The second-order valence-electron chi connectivity index (χ2n) is 5.68. The minimum absolute atomic E-state index is 0.0853. The summed E-state index contributed by atoms with van der Waals surface area (Å²) in [6.07, 6.45) is 2.48. The number of rotatable bonds is 8. The number of amides is 1. The van der Waals surface area contributed by atoms with Crippen molar-refractivity contribution in [3.8, 4) is 0 Å². The van der Waals surface area contributed by atoms with Gasteiger partial charge in [0.05, 0.1) is 12.0 Å². The summed E-state index contributed by atoms with van der Waals surface area (Å²) in [5.41, 5.74) is 0.823. The third-order valence-corrected chi connectivity index (χ3v) is 3.68. The molecule has 0 aliphatic heterocycles. The number of carbonyl (C=O) groups is 2. The van der Waals surface area contributed by atoms with Crippen molar-refractivity contribution in [1.29, 1.82) is 0 Å². The lowest BCUT2D eigenvalue weighted by Crippen LogP contribution is -2.36. The Bertz CT molecular complexity index is 458. The molecule has 3 unspecified atom stereocenters. The van der Waals surface area contributed by atoms with Gasteiger partial charge in [-0.05, 0) is 18.4 Å². The number of hydrogen-bond donors (Lipinski definition) is 2. The van der Waals surface area contributed by atoms with Crippen LogP contribution >= 0.6 is 0 Å². The van der Waals surface area contributed by atoms with Crippen molar-refractivity contribution in [2.24, 2.45) is 11.8 Å². The zero-order chi connectivity index (χ0) is 15.8. The van der Waals surface area contributed by atoms with Crippen LogP contribution < -0.4 is 5.32 Å². The van der Waals surface area contributed by atoms with E-state index in [4.69, 9.17) is 0 Å². The van der Waals surface area contributed by atoms with E-state index in [2.05, 4.69) is 12.2 Å². The molecule has 0 spiro atoms. The normalized spacial score (nSPS) is 15.0. The molecule has 0 saturated carbocycles. The predicted octanol–water partition coefficient (Wildman–Crippen LogP) is 3.39. The molecule has 1 aromatic carbocycles. The maximum atomic E-state index is 12.1. The molecule has 4 nitrogen and oxygen atoms in total. The number of carbonyl (C=O) groups excluding carboxylic acids is 1. The lowest BCUT2D eigenvalue weighted by molar-refractivity contribution is -0.142. The standard InChI is InChI=1S/C17H25NO3/c1-4-8-12(2)11-15(19)18-16(13(3)17(20)21)14-9-6-5-7-10-14/h5-7,9-10,12-13,16H,4,8,11H2,1-3H3,(H,18,19)(H,20,21). The Morgan fingerprint density at radius 1 is 1.19 bits per heavy atom. The fourth-order valence-electron chi connectivity index (χ4n) is 2.44. The van der Waals surface area contributed by atoms with Crippen LogP contribution in [0.15, 0.2) is 30.3 Å². The highest BCUT2D eigenvalue weighted by Crippen LogP contribution is 2.23. The molecule has 116 valence electrons. The van der Waals surface area contributed by atoms with Crippen molar-refractivity contribution in [3.05, 3.63) is 35.9 Å². The Hall–Kier alpha value is -1.84. The van der Waals surface area contributed by atoms with Crippen LogP contribution in [0.2, 0.25) is 0 Å². The van der Waals surface area contributed by atoms with Crippen LogP contribution in [-0.4, -0.2) is 17.0 Å². The molecule has 1 rings (SSSR count). The zero-order valence-corrected chi connectivity index (χ0v) is 13.0. The second kappa shape index (κ2) is 8.45. The van der Waals surface area contributed by atoms with E-state index in [0.717, 1.165) is 18.4 Å². The molecule has 21 heavy (non-hydrogen) atoms. The van der Waals surface area contributed by atoms with E-state index in [9.17, 15) is 14.7 Å². The molecule has 0 aromatic heterocycles. The topological polar surface area (TPSA) is 66.4 Å². The molecule has 0 fully saturated rings. The van der Waals surface area contributed by atoms with Crippen LogP contribution in [0.25, 0.3) is 0 Å². The molecular formula is C17H25NO3. The van der Waals surface area contributed by atoms with E-state index >= 15 is 0 Å². The zero-order valence-electron chi connectivity index (χ0n) is 13.0. The number of aliphatic carboxylic acids is 1. The lowest BCUT2D eigenvalue weighted by atomic mass is 9.93. The summed E-state index contributed by atoms with van der Waals surface area (Å²) < 4.78 is 0. The summed E-state index contributed by atoms with van der Waals surface area (Å²) in [7, 11) is 0. The van der Waals surface area contributed by atoms with Gasteiger partial charge in [-0.2, -0.15) is 0 Å². The van der Waals surface area contributed by atoms with E-state index in [-0.39, 0.29) is 5.91 Å². The van der Waals surface area contributed by atoms with E-state index < -0.39 is 17.9 Å². The minimum Gasteiger partial charge on any atom is -0.481 e. The van der Waals surface area contributed by atoms with Crippen molar-refractivity contribution >= 4 is 11.9 Å². The Morgan fingerprint density at radius 2 is 1.81 bits per heavy atom. The van der Waals surface area contributed by atoms with Gasteiger partial charge < -0.3 is 10.4 Å². The molecule has 0 saturated heterocycles. The SMILES string of the molecule is CCCC(C)CC(=O)NC(c1ccccc1)C(C)C(=O)O. The van der Waals surface area contributed by atoms with E-state index in [1.165, 1.54) is 0 Å². The first-order chi connectivity index (χ1) is 9.95. The van der Waals surface area contributed by atoms with E-state index in [1.54, 1.807) is 6.92 Å². The summed E-state index contributed by atoms with van der Waals surface area (Å²) in [5, 5.41) is 12.1. The predicted molar refractivity (Wildman–Crippen MR) is 82.8 cm³/mol. The van der Waals surface area contributed by atoms with Crippen LogP contribution in [0, 0.1) is 11.8 Å². The Labute approximate surface area is 126 Å². The largest absolute Gasteiger partial charge is 0.481 e. The molecule has 0 bridgehead atoms. The van der Waals surface area contributed by atoms with Gasteiger partial charge in [-0.1, -0.05) is 57.0 Å². The van der Waals surface area contributed by atoms with Crippen LogP contribution in [0.3, 0.4) is 0 Å². The van der Waals surface area contributed by atoms with Gasteiger partial charge in [0, 0.05) is 6.42 Å². The van der Waals surface area contributed by atoms with Gasteiger partial charge in [-0.25, -0.2) is 0 Å². The molecule has 0 radical (unpaired) electrons. The first-order valence-electron chi connectivity index (χ1n) is 7.52. The first-order valence-corrected chi connectivity index (χ1v) is 7.52. The summed E-state index contributed by atoms with van der Waals surface area (Å²) in [4.78, 5) is 23.4. The van der Waals surface area contributed by atoms with Crippen LogP contribution in [0.1, 0.15) is 51.6 Å². The van der Waals surface area contributed by atoms with Gasteiger partial charge in [0.15, 0.2) is 0 Å². The number of nitrogens with one attached hydrogen (secondary N) is 1. The van der Waals surface area contributed by atoms with Gasteiger partial charge in [0.2, 0.25) is 5.91 Å². The average molecular weight is 291 g/mol. The van der Waals surface area contributed by atoms with Gasteiger partial charge in [0.1, 0.15) is 0 Å². The maximum Gasteiger partial charge on any atom is 0.308 e. The van der Waals surface area contributed by atoms with E-state index in [0.29, 0.717) is 12.3 Å².